The van der Waals surface area contributed by atoms with Crippen molar-refractivity contribution in [3.05, 3.63) is 35.1 Å². The van der Waals surface area contributed by atoms with Gasteiger partial charge in [0.05, 0.1) is 6.10 Å². The van der Waals surface area contributed by atoms with Gasteiger partial charge in [-0.2, -0.15) is 0 Å². The summed E-state index contributed by atoms with van der Waals surface area (Å²) in [6.45, 7) is 7.41. The van der Waals surface area contributed by atoms with Crippen LogP contribution in [-0.2, 0) is 0 Å². The molecule has 0 amide bonds. The molecule has 1 unspecified atom stereocenters. The summed E-state index contributed by atoms with van der Waals surface area (Å²) in [5.74, 6) is -4.16. The van der Waals surface area contributed by atoms with E-state index in [9.17, 15) is 23.1 Å². The highest BCUT2D eigenvalue weighted by atomic mass is 28.4. The molecule has 0 aliphatic carbocycles. The molecule has 0 fully saturated rings. The Morgan fingerprint density at radius 1 is 1.15 bits per heavy atom. The van der Waals surface area contributed by atoms with Gasteiger partial charge >= 0.3 is 0 Å². The van der Waals surface area contributed by atoms with E-state index in [0.717, 1.165) is 12.1 Å². The van der Waals surface area contributed by atoms with E-state index in [1.807, 2.05) is 13.8 Å². The second-order valence-electron chi connectivity index (χ2n) is 6.30. The molecule has 0 aliphatic rings. The molecule has 0 spiro atoms. The predicted molar refractivity (Wildman–Crippen MR) is 74.3 cm³/mol. The summed E-state index contributed by atoms with van der Waals surface area (Å²) in [6.07, 6.45) is -0.339. The molecular formula is C14H21F3O2Si. The first-order valence-electron chi connectivity index (χ1n) is 6.50. The van der Waals surface area contributed by atoms with Gasteiger partial charge in [0.25, 0.3) is 0 Å². The molecule has 2 nitrogen and oxygen atoms in total. The Hall–Kier alpha value is -0.853. The van der Waals surface area contributed by atoms with Gasteiger partial charge in [-0.25, -0.2) is 13.2 Å². The maximum atomic E-state index is 13.1. The first-order chi connectivity index (χ1) is 8.95. The number of aliphatic hydroxyl groups excluding tert-OH is 1. The zero-order valence-corrected chi connectivity index (χ0v) is 13.2. The minimum atomic E-state index is -2.40. The summed E-state index contributed by atoms with van der Waals surface area (Å²) >= 11 is 0. The van der Waals surface area contributed by atoms with Crippen LogP contribution in [0.5, 0.6) is 0 Å². The van der Waals surface area contributed by atoms with Gasteiger partial charge in [0, 0.05) is 0 Å². The quantitative estimate of drug-likeness (QED) is 0.640. The summed E-state index contributed by atoms with van der Waals surface area (Å²) in [7, 11) is -2.40. The van der Waals surface area contributed by atoms with E-state index in [1.54, 1.807) is 13.1 Å². The fourth-order valence-electron chi connectivity index (χ4n) is 1.74. The van der Waals surface area contributed by atoms with E-state index in [2.05, 4.69) is 0 Å². The van der Waals surface area contributed by atoms with Crippen molar-refractivity contribution in [2.75, 3.05) is 0 Å². The molecule has 114 valence electrons. The third-order valence-electron chi connectivity index (χ3n) is 4.09. The molecule has 0 bridgehead atoms. The highest BCUT2D eigenvalue weighted by Crippen LogP contribution is 2.41. The van der Waals surface area contributed by atoms with Crippen molar-refractivity contribution in [1.29, 1.82) is 0 Å². The fourth-order valence-corrected chi connectivity index (χ4v) is 2.49. The SMILES string of the molecule is CC(C)(CCC(O)c1cc(F)c(F)c(F)c1)[Si](C)(C)O. The van der Waals surface area contributed by atoms with E-state index < -0.39 is 31.9 Å². The molecule has 6 heteroatoms. The van der Waals surface area contributed by atoms with E-state index in [0.29, 0.717) is 6.42 Å². The zero-order chi connectivity index (χ0) is 15.7. The molecule has 0 aliphatic heterocycles. The van der Waals surface area contributed by atoms with Crippen LogP contribution in [0.1, 0.15) is 38.4 Å². The van der Waals surface area contributed by atoms with E-state index in [1.165, 1.54) is 0 Å². The lowest BCUT2D eigenvalue weighted by molar-refractivity contribution is 0.157. The van der Waals surface area contributed by atoms with Crippen molar-refractivity contribution >= 4 is 8.32 Å². The minimum absolute atomic E-state index is 0.00890. The van der Waals surface area contributed by atoms with Crippen LogP contribution in [0.25, 0.3) is 0 Å². The van der Waals surface area contributed by atoms with E-state index in [-0.39, 0.29) is 17.0 Å². The van der Waals surface area contributed by atoms with E-state index in [4.69, 9.17) is 0 Å². The number of rotatable bonds is 5. The summed E-state index contributed by atoms with van der Waals surface area (Å²) < 4.78 is 39.1. The highest BCUT2D eigenvalue weighted by Gasteiger charge is 2.38. The Bertz CT molecular complexity index is 461. The Labute approximate surface area is 118 Å². The van der Waals surface area contributed by atoms with Crippen LogP contribution in [-0.4, -0.2) is 18.2 Å². The molecule has 0 aromatic heterocycles. The molecule has 1 aromatic carbocycles. The average Bonchev–Trinajstić information content (AvgIpc) is 2.31. The van der Waals surface area contributed by atoms with Gasteiger partial charge in [-0.15, -0.1) is 0 Å². The first kappa shape index (κ1) is 17.2. The molecule has 0 saturated carbocycles. The van der Waals surface area contributed by atoms with Gasteiger partial charge in [-0.1, -0.05) is 13.8 Å². The lowest BCUT2D eigenvalue weighted by atomic mass is 9.99. The van der Waals surface area contributed by atoms with Crippen molar-refractivity contribution in [1.82, 2.24) is 0 Å². The summed E-state index contributed by atoms with van der Waals surface area (Å²) in [5, 5.41) is 9.63. The van der Waals surface area contributed by atoms with Crippen molar-refractivity contribution < 1.29 is 23.1 Å². The second-order valence-corrected chi connectivity index (χ2v) is 10.8. The Morgan fingerprint density at radius 2 is 1.60 bits per heavy atom. The number of hydrogen-bond donors (Lipinski definition) is 2. The van der Waals surface area contributed by atoms with Crippen LogP contribution in [0, 0.1) is 17.5 Å². The van der Waals surface area contributed by atoms with Crippen LogP contribution in [0.4, 0.5) is 13.2 Å². The topological polar surface area (TPSA) is 40.5 Å². The van der Waals surface area contributed by atoms with Crippen molar-refractivity contribution in [2.45, 2.75) is 50.9 Å². The van der Waals surface area contributed by atoms with Crippen LogP contribution >= 0.6 is 0 Å². The molecule has 0 radical (unpaired) electrons. The molecule has 1 atom stereocenters. The fraction of sp³-hybridized carbons (Fsp3) is 0.571. The van der Waals surface area contributed by atoms with Crippen molar-refractivity contribution in [2.24, 2.45) is 0 Å². The van der Waals surface area contributed by atoms with E-state index >= 15 is 0 Å². The van der Waals surface area contributed by atoms with Gasteiger partial charge in [-0.3, -0.25) is 0 Å². The maximum Gasteiger partial charge on any atom is 0.194 e. The van der Waals surface area contributed by atoms with Gasteiger partial charge in [0.1, 0.15) is 0 Å². The van der Waals surface area contributed by atoms with Crippen molar-refractivity contribution in [3.8, 4) is 0 Å². The third-order valence-corrected chi connectivity index (χ3v) is 7.65. The number of halogens is 3. The summed E-state index contributed by atoms with van der Waals surface area (Å²) in [5.41, 5.74) is 0.00890. The number of hydrogen-bond acceptors (Lipinski definition) is 2. The zero-order valence-electron chi connectivity index (χ0n) is 12.2. The first-order valence-corrected chi connectivity index (χ1v) is 9.45. The third kappa shape index (κ3) is 3.83. The number of benzene rings is 1. The standard InChI is InChI=1S/C14H21F3O2Si/c1-14(2,20(3,4)19)6-5-12(18)9-7-10(15)13(17)11(16)8-9/h7-8,12,18-19H,5-6H2,1-4H3. The summed E-state index contributed by atoms with van der Waals surface area (Å²) in [4.78, 5) is 10.1. The minimum Gasteiger partial charge on any atom is -0.432 e. The largest absolute Gasteiger partial charge is 0.432 e. The highest BCUT2D eigenvalue weighted by molar-refractivity contribution is 6.72. The van der Waals surface area contributed by atoms with Crippen LogP contribution in [0.15, 0.2) is 12.1 Å². The van der Waals surface area contributed by atoms with Crippen LogP contribution in [0.3, 0.4) is 0 Å². The molecule has 20 heavy (non-hydrogen) atoms. The lowest BCUT2D eigenvalue weighted by Crippen LogP contribution is -2.39. The van der Waals surface area contributed by atoms with Gasteiger partial charge < -0.3 is 9.90 Å². The Balaban J connectivity index is 2.80. The van der Waals surface area contributed by atoms with Crippen molar-refractivity contribution in [3.63, 3.8) is 0 Å². The maximum absolute atomic E-state index is 13.1. The van der Waals surface area contributed by atoms with Crippen LogP contribution < -0.4 is 0 Å². The van der Waals surface area contributed by atoms with Crippen LogP contribution in [0.2, 0.25) is 18.1 Å². The molecule has 0 saturated heterocycles. The van der Waals surface area contributed by atoms with Gasteiger partial charge in [-0.05, 0) is 48.7 Å². The second kappa shape index (κ2) is 5.87. The number of aliphatic hydroxyl groups is 1. The molecule has 1 rings (SSSR count). The lowest BCUT2D eigenvalue weighted by Gasteiger charge is -2.35. The normalized spacial score (nSPS) is 14.4. The predicted octanol–water partition coefficient (Wildman–Crippen LogP) is 3.90. The average molecular weight is 306 g/mol. The smallest absolute Gasteiger partial charge is 0.194 e. The van der Waals surface area contributed by atoms with Gasteiger partial charge in [0.2, 0.25) is 0 Å². The summed E-state index contributed by atoms with van der Waals surface area (Å²) in [6, 6.07) is 1.61. The molecule has 1 aromatic rings. The monoisotopic (exact) mass is 306 g/mol. The van der Waals surface area contributed by atoms with Gasteiger partial charge in [0.15, 0.2) is 25.8 Å². The molecule has 2 N–H and O–H groups in total. The molecular weight excluding hydrogens is 285 g/mol. The molecule has 0 heterocycles. The Morgan fingerprint density at radius 3 is 2.00 bits per heavy atom. The Kier molecular flexibility index (Phi) is 5.05.